The van der Waals surface area contributed by atoms with Crippen molar-refractivity contribution in [3.05, 3.63) is 35.9 Å². The first-order valence-corrected chi connectivity index (χ1v) is 4.51. The summed E-state index contributed by atoms with van der Waals surface area (Å²) in [6, 6.07) is 8.30. The van der Waals surface area contributed by atoms with Crippen LogP contribution in [0.3, 0.4) is 0 Å². The lowest BCUT2D eigenvalue weighted by molar-refractivity contribution is 0.0697. The lowest BCUT2D eigenvalue weighted by Crippen LogP contribution is -1.93. The minimum atomic E-state index is -5.67. The highest BCUT2D eigenvalue weighted by Gasteiger charge is 1.96. The number of halogens is 2. The molecule has 4 nitrogen and oxygen atoms in total. The minimum Gasteiger partial charge on any atom is -0.478 e. The number of rotatable bonds is 1. The predicted molar refractivity (Wildman–Crippen MR) is 44.5 cm³/mol. The zero-order chi connectivity index (χ0) is 11.2. The van der Waals surface area contributed by atoms with Crippen LogP contribution in [0.25, 0.3) is 0 Å². The molecule has 0 unspecified atom stereocenters. The largest absolute Gasteiger partial charge is 0.478 e. The van der Waals surface area contributed by atoms with E-state index in [1.807, 2.05) is 0 Å². The van der Waals surface area contributed by atoms with Crippen molar-refractivity contribution < 1.29 is 26.1 Å². The molecule has 0 fully saturated rings. The molecule has 0 spiro atoms. The second-order valence-electron chi connectivity index (χ2n) is 2.05. The van der Waals surface area contributed by atoms with Gasteiger partial charge in [-0.2, -0.15) is 8.42 Å². The molecule has 7 heteroatoms. The van der Waals surface area contributed by atoms with E-state index in [2.05, 4.69) is 0 Å². The Hall–Kier alpha value is -1.50. The average molecular weight is 224 g/mol. The lowest BCUT2D eigenvalue weighted by Gasteiger charge is -1.88. The summed E-state index contributed by atoms with van der Waals surface area (Å²) in [7, 11) is -5.67. The molecule has 0 saturated heterocycles. The maximum Gasteiger partial charge on any atom is 0.476 e. The standard InChI is InChI=1S/C7H6O2.F2O2S/c8-7(9)6-4-2-1-3-5-6;1-5(2,3)4/h1-5H,(H,8,9);. The molecule has 78 valence electrons. The van der Waals surface area contributed by atoms with Crippen molar-refractivity contribution in [3.8, 4) is 0 Å². The van der Waals surface area contributed by atoms with Gasteiger partial charge in [-0.3, -0.25) is 0 Å². The van der Waals surface area contributed by atoms with E-state index < -0.39 is 16.6 Å². The number of hydrogen-bond donors (Lipinski definition) is 1. The van der Waals surface area contributed by atoms with Gasteiger partial charge < -0.3 is 5.11 Å². The molecule has 0 aliphatic heterocycles. The molecule has 0 aliphatic carbocycles. The third-order valence-electron chi connectivity index (χ3n) is 1.02. The quantitative estimate of drug-likeness (QED) is 0.734. The Morgan fingerprint density at radius 3 is 1.71 bits per heavy atom. The van der Waals surface area contributed by atoms with Crippen molar-refractivity contribution >= 4 is 16.6 Å². The van der Waals surface area contributed by atoms with Crippen LogP contribution < -0.4 is 0 Å². The van der Waals surface area contributed by atoms with Gasteiger partial charge in [0.15, 0.2) is 0 Å². The van der Waals surface area contributed by atoms with Crippen LogP contribution in [-0.4, -0.2) is 19.5 Å². The zero-order valence-corrected chi connectivity index (χ0v) is 7.54. The first-order valence-electron chi connectivity index (χ1n) is 3.23. The summed E-state index contributed by atoms with van der Waals surface area (Å²) in [6.07, 6.45) is 0. The molecule has 0 heterocycles. The molecular weight excluding hydrogens is 218 g/mol. The van der Waals surface area contributed by atoms with Crippen molar-refractivity contribution in [2.45, 2.75) is 0 Å². The summed E-state index contributed by atoms with van der Waals surface area (Å²) in [4.78, 5) is 10.2. The molecule has 1 aromatic carbocycles. The smallest absolute Gasteiger partial charge is 0.476 e. The van der Waals surface area contributed by atoms with Gasteiger partial charge in [0.1, 0.15) is 0 Å². The monoisotopic (exact) mass is 224 g/mol. The number of carboxylic acids is 1. The fraction of sp³-hybridized carbons (Fsp3) is 0. The number of carbonyl (C=O) groups is 1. The van der Waals surface area contributed by atoms with Gasteiger partial charge in [0.05, 0.1) is 5.56 Å². The first kappa shape index (κ1) is 12.5. The van der Waals surface area contributed by atoms with Crippen LogP contribution in [0.2, 0.25) is 0 Å². The van der Waals surface area contributed by atoms with Crippen LogP contribution >= 0.6 is 0 Å². The van der Waals surface area contributed by atoms with Crippen molar-refractivity contribution in [2.24, 2.45) is 0 Å². The molecule has 0 atom stereocenters. The Morgan fingerprint density at radius 2 is 1.50 bits per heavy atom. The van der Waals surface area contributed by atoms with Gasteiger partial charge in [0.2, 0.25) is 0 Å². The Bertz CT molecular complexity index is 379. The third-order valence-corrected chi connectivity index (χ3v) is 1.02. The Labute approximate surface area is 79.3 Å². The van der Waals surface area contributed by atoms with Crippen LogP contribution in [-0.2, 0) is 10.6 Å². The summed E-state index contributed by atoms with van der Waals surface area (Å²) in [5, 5.41) is 8.38. The van der Waals surface area contributed by atoms with Crippen molar-refractivity contribution in [2.75, 3.05) is 0 Å². The van der Waals surface area contributed by atoms with E-state index in [0.29, 0.717) is 5.56 Å². The minimum absolute atomic E-state index is 0.331. The van der Waals surface area contributed by atoms with E-state index in [1.165, 1.54) is 0 Å². The van der Waals surface area contributed by atoms with Gasteiger partial charge >= 0.3 is 16.6 Å². The highest BCUT2D eigenvalue weighted by atomic mass is 32.3. The van der Waals surface area contributed by atoms with Crippen LogP contribution in [0, 0.1) is 0 Å². The molecule has 0 aromatic heterocycles. The van der Waals surface area contributed by atoms with Crippen molar-refractivity contribution in [1.82, 2.24) is 0 Å². The van der Waals surface area contributed by atoms with Gasteiger partial charge in [0, 0.05) is 0 Å². The van der Waals surface area contributed by atoms with Gasteiger partial charge in [-0.25, -0.2) is 4.79 Å². The van der Waals surface area contributed by atoms with Crippen LogP contribution in [0.1, 0.15) is 10.4 Å². The summed E-state index contributed by atoms with van der Waals surface area (Å²) >= 11 is 0. The molecule has 1 aromatic rings. The van der Waals surface area contributed by atoms with Crippen molar-refractivity contribution in [1.29, 1.82) is 0 Å². The topological polar surface area (TPSA) is 71.4 Å². The van der Waals surface area contributed by atoms with Crippen molar-refractivity contribution in [3.63, 3.8) is 0 Å². The van der Waals surface area contributed by atoms with E-state index in [9.17, 15) is 12.6 Å². The summed E-state index contributed by atoms with van der Waals surface area (Å²) in [6.45, 7) is 0. The average Bonchev–Trinajstić information content (AvgIpc) is 2.03. The fourth-order valence-electron chi connectivity index (χ4n) is 0.581. The van der Waals surface area contributed by atoms with Crippen LogP contribution in [0.4, 0.5) is 7.77 Å². The van der Waals surface area contributed by atoms with E-state index in [0.717, 1.165) is 0 Å². The molecule has 0 radical (unpaired) electrons. The third kappa shape index (κ3) is 8.60. The highest BCUT2D eigenvalue weighted by Crippen LogP contribution is 1.96. The second kappa shape index (κ2) is 5.28. The summed E-state index contributed by atoms with van der Waals surface area (Å²) in [5.74, 6) is -0.879. The molecule has 0 amide bonds. The normalized spacial score (nSPS) is 9.86. The predicted octanol–water partition coefficient (Wildman–Crippen LogP) is 1.56. The highest BCUT2D eigenvalue weighted by molar-refractivity contribution is 7.81. The lowest BCUT2D eigenvalue weighted by atomic mass is 10.2. The van der Waals surface area contributed by atoms with Gasteiger partial charge in [-0.05, 0) is 12.1 Å². The van der Waals surface area contributed by atoms with E-state index >= 15 is 0 Å². The second-order valence-corrected chi connectivity index (χ2v) is 2.81. The molecule has 1 N–H and O–H groups in total. The Balaban J connectivity index is 0.000000292. The molecule has 1 rings (SSSR count). The SMILES string of the molecule is O=C(O)c1ccccc1.O=S(=O)(F)F. The number of benzene rings is 1. The van der Waals surface area contributed by atoms with E-state index in [1.54, 1.807) is 30.3 Å². The van der Waals surface area contributed by atoms with Gasteiger partial charge in [-0.15, -0.1) is 0 Å². The number of carboxylic acid groups (broad SMARTS) is 1. The fourth-order valence-corrected chi connectivity index (χ4v) is 0.581. The molecule has 14 heavy (non-hydrogen) atoms. The number of aromatic carboxylic acids is 1. The Kier molecular flexibility index (Phi) is 4.71. The van der Waals surface area contributed by atoms with Crippen LogP contribution in [0.15, 0.2) is 30.3 Å². The summed E-state index contributed by atoms with van der Waals surface area (Å²) in [5.41, 5.74) is 0.331. The Morgan fingerprint density at radius 1 is 1.14 bits per heavy atom. The molecule has 0 aliphatic rings. The maximum absolute atomic E-state index is 10.2. The molecular formula is C7H6F2O4S. The van der Waals surface area contributed by atoms with Crippen LogP contribution in [0.5, 0.6) is 0 Å². The molecule has 0 saturated carbocycles. The molecule has 0 bridgehead atoms. The summed E-state index contributed by atoms with van der Waals surface area (Å²) < 4.78 is 36.6. The van der Waals surface area contributed by atoms with Gasteiger partial charge in [0.25, 0.3) is 0 Å². The van der Waals surface area contributed by atoms with E-state index in [-0.39, 0.29) is 0 Å². The number of hydrogen-bond acceptors (Lipinski definition) is 3. The first-order chi connectivity index (χ1) is 6.30. The van der Waals surface area contributed by atoms with E-state index in [4.69, 9.17) is 13.5 Å². The maximum atomic E-state index is 10.2. The zero-order valence-electron chi connectivity index (χ0n) is 6.72. The van der Waals surface area contributed by atoms with Gasteiger partial charge in [-0.1, -0.05) is 26.0 Å².